The number of carbonyl (C=O) groups excluding carboxylic acids is 1. The first-order valence-corrected chi connectivity index (χ1v) is 11.1. The molecule has 4 heterocycles. The molecule has 4 rings (SSSR count). The predicted octanol–water partition coefficient (Wildman–Crippen LogP) is 3.73. The van der Waals surface area contributed by atoms with Crippen molar-refractivity contribution >= 4 is 23.3 Å². The van der Waals surface area contributed by atoms with E-state index in [0.717, 1.165) is 34.0 Å². The zero-order chi connectivity index (χ0) is 22.8. The molecular weight excluding hydrogens is 422 g/mol. The SMILES string of the molecule is CCOC(=O)CN1C(=S)N[C@H](c2ccccn2)[C@@H]1c1cc(C)n(-c2ccc(C)cn2)c1C. The summed E-state index contributed by atoms with van der Waals surface area (Å²) in [4.78, 5) is 23.5. The summed E-state index contributed by atoms with van der Waals surface area (Å²) < 4.78 is 7.35. The Labute approximate surface area is 193 Å². The monoisotopic (exact) mass is 449 g/mol. The maximum Gasteiger partial charge on any atom is 0.325 e. The van der Waals surface area contributed by atoms with Gasteiger partial charge in [-0.25, -0.2) is 4.98 Å². The van der Waals surface area contributed by atoms with Crippen molar-refractivity contribution in [3.63, 3.8) is 0 Å². The highest BCUT2D eigenvalue weighted by Crippen LogP contribution is 2.41. The highest BCUT2D eigenvalue weighted by molar-refractivity contribution is 7.80. The Morgan fingerprint density at radius 2 is 2.00 bits per heavy atom. The van der Waals surface area contributed by atoms with Crippen LogP contribution in [0.4, 0.5) is 0 Å². The molecule has 0 unspecified atom stereocenters. The number of hydrogen-bond donors (Lipinski definition) is 1. The van der Waals surface area contributed by atoms with Crippen LogP contribution in [-0.4, -0.2) is 43.7 Å². The second-order valence-corrected chi connectivity index (χ2v) is 8.30. The van der Waals surface area contributed by atoms with Crippen molar-refractivity contribution < 1.29 is 9.53 Å². The standard InChI is InChI=1S/C24H27N5O2S/c1-5-31-21(30)14-28-23(22(27-24(28)32)19-8-6-7-11-25-19)18-12-16(3)29(17(18)4)20-10-9-15(2)13-26-20/h6-13,22-23H,5,14H2,1-4H3,(H,27,32)/t22-,23+/m1/s1. The van der Waals surface area contributed by atoms with Crippen LogP contribution in [-0.2, 0) is 9.53 Å². The van der Waals surface area contributed by atoms with Crippen LogP contribution < -0.4 is 5.32 Å². The van der Waals surface area contributed by atoms with Gasteiger partial charge in [0.1, 0.15) is 12.4 Å². The van der Waals surface area contributed by atoms with Crippen LogP contribution in [0.2, 0.25) is 0 Å². The zero-order valence-corrected chi connectivity index (χ0v) is 19.5. The molecule has 166 valence electrons. The third-order valence-electron chi connectivity index (χ3n) is 5.72. The molecule has 1 N–H and O–H groups in total. The fourth-order valence-corrected chi connectivity index (χ4v) is 4.60. The van der Waals surface area contributed by atoms with Crippen LogP contribution in [0, 0.1) is 20.8 Å². The van der Waals surface area contributed by atoms with Crippen molar-refractivity contribution in [2.75, 3.05) is 13.2 Å². The predicted molar refractivity (Wildman–Crippen MR) is 127 cm³/mol. The minimum Gasteiger partial charge on any atom is -0.465 e. The van der Waals surface area contributed by atoms with Crippen molar-refractivity contribution in [2.45, 2.75) is 39.8 Å². The molecule has 1 aliphatic heterocycles. The van der Waals surface area contributed by atoms with E-state index in [1.807, 2.05) is 42.3 Å². The molecule has 0 spiro atoms. The smallest absolute Gasteiger partial charge is 0.325 e. The Morgan fingerprint density at radius 1 is 1.19 bits per heavy atom. The third kappa shape index (κ3) is 4.10. The summed E-state index contributed by atoms with van der Waals surface area (Å²) in [5.41, 5.74) is 5.15. The average Bonchev–Trinajstić information content (AvgIpc) is 3.25. The third-order valence-corrected chi connectivity index (χ3v) is 6.07. The Morgan fingerprint density at radius 3 is 2.66 bits per heavy atom. The van der Waals surface area contributed by atoms with E-state index in [2.05, 4.69) is 45.8 Å². The highest BCUT2D eigenvalue weighted by Gasteiger charge is 2.42. The minimum atomic E-state index is -0.308. The van der Waals surface area contributed by atoms with Gasteiger partial charge in [-0.05, 0) is 75.3 Å². The molecule has 0 radical (unpaired) electrons. The van der Waals surface area contributed by atoms with Crippen LogP contribution in [0.1, 0.15) is 47.2 Å². The van der Waals surface area contributed by atoms with Crippen LogP contribution in [0.5, 0.6) is 0 Å². The van der Waals surface area contributed by atoms with E-state index in [4.69, 9.17) is 17.0 Å². The summed E-state index contributed by atoms with van der Waals surface area (Å²) >= 11 is 5.65. The molecule has 1 fully saturated rings. The Bertz CT molecular complexity index is 1130. The quantitative estimate of drug-likeness (QED) is 0.454. The maximum absolute atomic E-state index is 12.4. The van der Waals surface area contributed by atoms with Crippen molar-refractivity contribution in [1.82, 2.24) is 24.8 Å². The molecular formula is C24H27N5O2S. The molecule has 0 bridgehead atoms. The van der Waals surface area contributed by atoms with Crippen molar-refractivity contribution in [3.8, 4) is 5.82 Å². The molecule has 3 aromatic heterocycles. The molecule has 0 saturated carbocycles. The number of ether oxygens (including phenoxy) is 1. The van der Waals surface area contributed by atoms with E-state index in [9.17, 15) is 4.79 Å². The number of esters is 1. The number of hydrogen-bond acceptors (Lipinski definition) is 5. The summed E-state index contributed by atoms with van der Waals surface area (Å²) in [5, 5.41) is 3.89. The number of aromatic nitrogens is 3. The fraction of sp³-hybridized carbons (Fsp3) is 0.333. The summed E-state index contributed by atoms with van der Waals surface area (Å²) in [5.74, 6) is 0.550. The van der Waals surface area contributed by atoms with E-state index >= 15 is 0 Å². The molecule has 0 aliphatic carbocycles. The number of nitrogens with one attached hydrogen (secondary N) is 1. The molecule has 0 aromatic carbocycles. The average molecular weight is 450 g/mol. The molecule has 2 atom stereocenters. The molecule has 1 aliphatic rings. The number of nitrogens with zero attached hydrogens (tertiary/aromatic N) is 4. The first kappa shape index (κ1) is 22.0. The number of pyridine rings is 2. The summed E-state index contributed by atoms with van der Waals surface area (Å²) in [6, 6.07) is 11.6. The van der Waals surface area contributed by atoms with Gasteiger partial charge in [0.25, 0.3) is 0 Å². The summed E-state index contributed by atoms with van der Waals surface area (Å²) in [6.07, 6.45) is 3.63. The first-order chi connectivity index (χ1) is 15.4. The van der Waals surface area contributed by atoms with E-state index in [1.165, 1.54) is 0 Å². The Hall–Kier alpha value is -3.26. The number of aryl methyl sites for hydroxylation is 2. The van der Waals surface area contributed by atoms with E-state index < -0.39 is 0 Å². The van der Waals surface area contributed by atoms with Crippen LogP contribution >= 0.6 is 12.2 Å². The molecule has 32 heavy (non-hydrogen) atoms. The lowest BCUT2D eigenvalue weighted by Crippen LogP contribution is -2.35. The van der Waals surface area contributed by atoms with Gasteiger partial charge in [0, 0.05) is 23.8 Å². The van der Waals surface area contributed by atoms with E-state index in [1.54, 1.807) is 13.1 Å². The van der Waals surface area contributed by atoms with Gasteiger partial charge in [-0.15, -0.1) is 0 Å². The summed E-state index contributed by atoms with van der Waals surface area (Å²) in [7, 11) is 0. The highest BCUT2D eigenvalue weighted by atomic mass is 32.1. The minimum absolute atomic E-state index is 0.0696. The van der Waals surface area contributed by atoms with Gasteiger partial charge in [-0.1, -0.05) is 12.1 Å². The van der Waals surface area contributed by atoms with Gasteiger partial charge < -0.3 is 19.5 Å². The second-order valence-electron chi connectivity index (χ2n) is 7.92. The summed E-state index contributed by atoms with van der Waals surface area (Å²) in [6.45, 7) is 8.35. The van der Waals surface area contributed by atoms with E-state index in [0.29, 0.717) is 11.7 Å². The van der Waals surface area contributed by atoms with Gasteiger partial charge in [0.05, 0.1) is 24.4 Å². The van der Waals surface area contributed by atoms with Crippen LogP contribution in [0.15, 0.2) is 48.8 Å². The van der Waals surface area contributed by atoms with Gasteiger partial charge >= 0.3 is 5.97 Å². The lowest BCUT2D eigenvalue weighted by Gasteiger charge is -2.27. The van der Waals surface area contributed by atoms with Gasteiger partial charge in [-0.3, -0.25) is 9.78 Å². The Balaban J connectivity index is 1.80. The molecule has 3 aromatic rings. The van der Waals surface area contributed by atoms with E-state index in [-0.39, 0.29) is 24.6 Å². The normalized spacial score (nSPS) is 18.0. The van der Waals surface area contributed by atoms with Gasteiger partial charge in [0.2, 0.25) is 0 Å². The van der Waals surface area contributed by atoms with Gasteiger partial charge in [-0.2, -0.15) is 0 Å². The second kappa shape index (κ2) is 9.08. The first-order valence-electron chi connectivity index (χ1n) is 10.7. The zero-order valence-electron chi connectivity index (χ0n) is 18.7. The Kier molecular flexibility index (Phi) is 6.23. The lowest BCUT2D eigenvalue weighted by atomic mass is 9.97. The number of thiocarbonyl (C=S) groups is 1. The molecule has 8 heteroatoms. The van der Waals surface area contributed by atoms with Crippen LogP contribution in [0.25, 0.3) is 5.82 Å². The van der Waals surface area contributed by atoms with Crippen molar-refractivity contribution in [3.05, 3.63) is 77.0 Å². The van der Waals surface area contributed by atoms with Crippen LogP contribution in [0.3, 0.4) is 0 Å². The lowest BCUT2D eigenvalue weighted by molar-refractivity contribution is -0.143. The number of rotatable bonds is 6. The molecule has 7 nitrogen and oxygen atoms in total. The fourth-order valence-electron chi connectivity index (χ4n) is 4.29. The largest absolute Gasteiger partial charge is 0.465 e. The topological polar surface area (TPSA) is 72.3 Å². The molecule has 1 saturated heterocycles. The number of carbonyl (C=O) groups is 1. The van der Waals surface area contributed by atoms with Crippen molar-refractivity contribution in [1.29, 1.82) is 0 Å². The molecule has 0 amide bonds. The van der Waals surface area contributed by atoms with Gasteiger partial charge in [0.15, 0.2) is 5.11 Å². The van der Waals surface area contributed by atoms with Crippen molar-refractivity contribution in [2.24, 2.45) is 0 Å². The maximum atomic E-state index is 12.4.